The molecule has 1 heterocycles. The average molecular weight is 278 g/mol. The smallest absolute Gasteiger partial charge is 0.185 e. The molecule has 1 aliphatic heterocycles. The Hall–Kier alpha value is -1.33. The van der Waals surface area contributed by atoms with Crippen molar-refractivity contribution < 1.29 is 0 Å². The number of nitrogens with zero attached hydrogens (tertiary/aromatic N) is 2. The summed E-state index contributed by atoms with van der Waals surface area (Å²) in [6.07, 6.45) is 3.81. The molecule has 104 valence electrons. The van der Waals surface area contributed by atoms with Crippen molar-refractivity contribution in [3.05, 3.63) is 24.3 Å². The molecular formula is C14H22N4S. The summed E-state index contributed by atoms with van der Waals surface area (Å²) in [6.45, 7) is 2.14. The second-order valence-electron chi connectivity index (χ2n) is 5.05. The lowest BCUT2D eigenvalue weighted by atomic mass is 10.2. The number of thiocarbonyl (C=S) groups is 1. The van der Waals surface area contributed by atoms with Crippen molar-refractivity contribution >= 4 is 28.7 Å². The zero-order valence-corrected chi connectivity index (χ0v) is 12.5. The molecule has 0 amide bonds. The molecule has 0 aliphatic carbocycles. The molecule has 0 saturated carbocycles. The van der Waals surface area contributed by atoms with E-state index in [1.807, 2.05) is 26.2 Å². The van der Waals surface area contributed by atoms with Crippen LogP contribution in [0.4, 0.5) is 11.4 Å². The highest BCUT2D eigenvalue weighted by atomic mass is 32.1. The predicted molar refractivity (Wildman–Crippen MR) is 85.5 cm³/mol. The number of rotatable bonds is 3. The van der Waals surface area contributed by atoms with Gasteiger partial charge in [-0.2, -0.15) is 0 Å². The molecule has 1 saturated heterocycles. The molecule has 0 spiro atoms. The first kappa shape index (κ1) is 14.1. The topological polar surface area (TPSA) is 30.5 Å². The molecule has 1 aromatic rings. The van der Waals surface area contributed by atoms with Gasteiger partial charge in [0.1, 0.15) is 0 Å². The third kappa shape index (κ3) is 4.36. The zero-order chi connectivity index (χ0) is 13.7. The van der Waals surface area contributed by atoms with Crippen molar-refractivity contribution in [3.8, 4) is 0 Å². The molecule has 0 radical (unpaired) electrons. The molecule has 1 aromatic carbocycles. The maximum atomic E-state index is 5.33. The number of hydrogen-bond acceptors (Lipinski definition) is 3. The minimum absolute atomic E-state index is 0.666. The van der Waals surface area contributed by atoms with Crippen LogP contribution in [0.5, 0.6) is 0 Å². The maximum absolute atomic E-state index is 5.33. The number of anilines is 2. The van der Waals surface area contributed by atoms with Crippen LogP contribution < -0.4 is 15.6 Å². The number of piperidine rings is 1. The van der Waals surface area contributed by atoms with E-state index in [4.69, 9.17) is 12.2 Å². The highest BCUT2D eigenvalue weighted by molar-refractivity contribution is 7.80. The fourth-order valence-corrected chi connectivity index (χ4v) is 2.40. The molecule has 2 N–H and O–H groups in total. The second-order valence-corrected chi connectivity index (χ2v) is 5.46. The van der Waals surface area contributed by atoms with E-state index < -0.39 is 0 Å². The molecule has 0 bridgehead atoms. The van der Waals surface area contributed by atoms with Crippen LogP contribution in [0.3, 0.4) is 0 Å². The van der Waals surface area contributed by atoms with Gasteiger partial charge in [0.25, 0.3) is 0 Å². The van der Waals surface area contributed by atoms with Gasteiger partial charge in [0, 0.05) is 38.6 Å². The van der Waals surface area contributed by atoms with Crippen LogP contribution in [0, 0.1) is 0 Å². The zero-order valence-electron chi connectivity index (χ0n) is 11.6. The van der Waals surface area contributed by atoms with Crippen LogP contribution in [-0.4, -0.2) is 37.3 Å². The van der Waals surface area contributed by atoms with Crippen molar-refractivity contribution in [2.75, 3.05) is 37.4 Å². The Morgan fingerprint density at radius 2 is 1.74 bits per heavy atom. The second kappa shape index (κ2) is 6.73. The van der Waals surface area contributed by atoms with Gasteiger partial charge in [0.15, 0.2) is 5.11 Å². The standard InChI is InChI=1S/C14H22N4S/c1-17(2)13-8-6-12(7-9-13)15-14(19)16-18-10-4-3-5-11-18/h6-9H,3-5,10-11H2,1-2H3,(H2,15,16,19). The van der Waals surface area contributed by atoms with E-state index in [0.717, 1.165) is 18.8 Å². The molecule has 5 heteroatoms. The lowest BCUT2D eigenvalue weighted by Gasteiger charge is -2.28. The van der Waals surface area contributed by atoms with Crippen LogP contribution in [-0.2, 0) is 0 Å². The summed E-state index contributed by atoms with van der Waals surface area (Å²) in [5.74, 6) is 0. The molecule has 1 fully saturated rings. The van der Waals surface area contributed by atoms with E-state index in [1.165, 1.54) is 24.9 Å². The van der Waals surface area contributed by atoms with E-state index in [-0.39, 0.29) is 0 Å². The average Bonchev–Trinajstić information content (AvgIpc) is 2.40. The summed E-state index contributed by atoms with van der Waals surface area (Å²) in [4.78, 5) is 2.08. The van der Waals surface area contributed by atoms with Crippen LogP contribution in [0.1, 0.15) is 19.3 Å². The molecule has 2 rings (SSSR count). The van der Waals surface area contributed by atoms with Crippen LogP contribution in [0.25, 0.3) is 0 Å². The molecule has 1 aliphatic rings. The van der Waals surface area contributed by atoms with Gasteiger partial charge in [-0.15, -0.1) is 0 Å². The summed E-state index contributed by atoms with van der Waals surface area (Å²) in [6, 6.07) is 8.23. The van der Waals surface area contributed by atoms with Gasteiger partial charge in [-0.3, -0.25) is 5.43 Å². The summed E-state index contributed by atoms with van der Waals surface area (Å²) in [5.41, 5.74) is 5.44. The summed E-state index contributed by atoms with van der Waals surface area (Å²) in [7, 11) is 4.07. The van der Waals surface area contributed by atoms with Gasteiger partial charge in [-0.1, -0.05) is 6.42 Å². The Morgan fingerprint density at radius 3 is 2.32 bits per heavy atom. The minimum Gasteiger partial charge on any atom is -0.378 e. The molecule has 4 nitrogen and oxygen atoms in total. The largest absolute Gasteiger partial charge is 0.378 e. The molecule has 0 unspecified atom stereocenters. The molecule has 0 aromatic heterocycles. The van der Waals surface area contributed by atoms with Crippen LogP contribution >= 0.6 is 12.2 Å². The first-order valence-corrected chi connectivity index (χ1v) is 7.16. The highest BCUT2D eigenvalue weighted by Crippen LogP contribution is 2.15. The first-order valence-electron chi connectivity index (χ1n) is 6.75. The normalized spacial score (nSPS) is 15.9. The number of benzene rings is 1. The Kier molecular flexibility index (Phi) is 4.99. The lowest BCUT2D eigenvalue weighted by molar-refractivity contribution is 0.196. The maximum Gasteiger partial charge on any atom is 0.185 e. The molecular weight excluding hydrogens is 256 g/mol. The van der Waals surface area contributed by atoms with E-state index in [0.29, 0.717) is 5.11 Å². The number of hydrogen-bond donors (Lipinski definition) is 2. The summed E-state index contributed by atoms with van der Waals surface area (Å²) >= 11 is 5.33. The van der Waals surface area contributed by atoms with Gasteiger partial charge < -0.3 is 10.2 Å². The number of nitrogens with one attached hydrogen (secondary N) is 2. The highest BCUT2D eigenvalue weighted by Gasteiger charge is 2.10. The fraction of sp³-hybridized carbons (Fsp3) is 0.500. The summed E-state index contributed by atoms with van der Waals surface area (Å²) < 4.78 is 0. The van der Waals surface area contributed by atoms with Gasteiger partial charge in [0.05, 0.1) is 0 Å². The fourth-order valence-electron chi connectivity index (χ4n) is 2.15. The van der Waals surface area contributed by atoms with Gasteiger partial charge >= 0.3 is 0 Å². The number of hydrazine groups is 1. The Labute approximate surface area is 120 Å². The van der Waals surface area contributed by atoms with Crippen molar-refractivity contribution in [1.82, 2.24) is 10.4 Å². The quantitative estimate of drug-likeness (QED) is 0.829. The molecule has 19 heavy (non-hydrogen) atoms. The Bertz CT molecular complexity index is 410. The van der Waals surface area contributed by atoms with Crippen LogP contribution in [0.15, 0.2) is 24.3 Å². The summed E-state index contributed by atoms with van der Waals surface area (Å²) in [5, 5.41) is 6.07. The van der Waals surface area contributed by atoms with Crippen molar-refractivity contribution in [2.45, 2.75) is 19.3 Å². The van der Waals surface area contributed by atoms with Gasteiger partial charge in [-0.25, -0.2) is 5.01 Å². The third-order valence-electron chi connectivity index (χ3n) is 3.26. The van der Waals surface area contributed by atoms with Crippen molar-refractivity contribution in [3.63, 3.8) is 0 Å². The van der Waals surface area contributed by atoms with Crippen molar-refractivity contribution in [2.24, 2.45) is 0 Å². The van der Waals surface area contributed by atoms with E-state index >= 15 is 0 Å². The SMILES string of the molecule is CN(C)c1ccc(NC(=S)NN2CCCCC2)cc1. The Balaban J connectivity index is 1.84. The predicted octanol–water partition coefficient (Wildman–Crippen LogP) is 2.44. The van der Waals surface area contributed by atoms with Crippen molar-refractivity contribution in [1.29, 1.82) is 0 Å². The van der Waals surface area contributed by atoms with Crippen LogP contribution in [0.2, 0.25) is 0 Å². The van der Waals surface area contributed by atoms with E-state index in [1.54, 1.807) is 0 Å². The third-order valence-corrected chi connectivity index (χ3v) is 3.45. The van der Waals surface area contributed by atoms with Gasteiger partial charge in [0.2, 0.25) is 0 Å². The Morgan fingerprint density at radius 1 is 1.11 bits per heavy atom. The minimum atomic E-state index is 0.666. The first-order chi connectivity index (χ1) is 9.15. The van der Waals surface area contributed by atoms with E-state index in [2.05, 4.69) is 32.8 Å². The van der Waals surface area contributed by atoms with Gasteiger partial charge in [-0.05, 0) is 49.3 Å². The lowest BCUT2D eigenvalue weighted by Crippen LogP contribution is -2.46. The monoisotopic (exact) mass is 278 g/mol. The molecule has 0 atom stereocenters. The van der Waals surface area contributed by atoms with E-state index in [9.17, 15) is 0 Å².